The summed E-state index contributed by atoms with van der Waals surface area (Å²) in [6.45, 7) is 22.7. The first-order valence-electron chi connectivity index (χ1n) is 13.2. The van der Waals surface area contributed by atoms with Gasteiger partial charge in [-0.3, -0.25) is 4.79 Å². The van der Waals surface area contributed by atoms with Crippen LogP contribution in [0, 0.1) is 5.82 Å². The number of fused-ring (bicyclic) bond motifs is 1. The summed E-state index contributed by atoms with van der Waals surface area (Å²) in [4.78, 5) is 22.7. The van der Waals surface area contributed by atoms with Crippen LogP contribution in [-0.2, 0) is 21.7 Å². The number of carbonyl (C=O) groups excluding carboxylic acids is 1. The van der Waals surface area contributed by atoms with Gasteiger partial charge in [0.15, 0.2) is 28.2 Å². The predicted octanol–water partition coefficient (Wildman–Crippen LogP) is 8.34. The lowest BCUT2D eigenvalue weighted by Crippen LogP contribution is -2.50. The van der Waals surface area contributed by atoms with Crippen LogP contribution in [-0.4, -0.2) is 45.8 Å². The van der Waals surface area contributed by atoms with E-state index in [1.807, 2.05) is 0 Å². The van der Waals surface area contributed by atoms with E-state index >= 15 is 0 Å². The number of Topliss-reactive ketones (excluding diaryl/α,β-unsaturated/α-hetero) is 1. The van der Waals surface area contributed by atoms with Crippen LogP contribution in [0.3, 0.4) is 0 Å². The van der Waals surface area contributed by atoms with Crippen LogP contribution in [0.1, 0.15) is 63.0 Å². The van der Waals surface area contributed by atoms with Gasteiger partial charge in [-0.1, -0.05) is 59.2 Å². The fraction of sp³-hybridized carbons (Fsp3) is 0.552. The Morgan fingerprint density at radius 1 is 1.05 bits per heavy atom. The van der Waals surface area contributed by atoms with Gasteiger partial charge in [0, 0.05) is 30.2 Å². The second kappa shape index (κ2) is 11.0. The first kappa shape index (κ1) is 30.8. The zero-order valence-electron chi connectivity index (χ0n) is 24.5. The Balaban J connectivity index is 1.88. The lowest BCUT2D eigenvalue weighted by Gasteiger charge is -2.41. The molecule has 1 unspecified atom stereocenters. The molecule has 0 spiro atoms. The lowest BCUT2D eigenvalue weighted by molar-refractivity contribution is 0.0992. The summed E-state index contributed by atoms with van der Waals surface area (Å²) in [5.74, 6) is -0.0280. The predicted molar refractivity (Wildman–Crippen MR) is 160 cm³/mol. The average molecular weight is 577 g/mol. The first-order valence-corrected chi connectivity index (χ1v) is 19.4. The lowest BCUT2D eigenvalue weighted by atomic mass is 9.97. The fourth-order valence-corrected chi connectivity index (χ4v) is 6.19. The number of ketones is 1. The SMILES string of the molecule is CC(C)(C)[Si](C)(C)OCC(O[Si](C)(C)C(C)(C)C)C1=Nc2nccc(C(=O)Cc3ccc(F)c(Cl)c3)c2C1. The number of carbonyl (C=O) groups is 1. The highest BCUT2D eigenvalue weighted by Crippen LogP contribution is 2.40. The number of rotatable bonds is 9. The maximum atomic E-state index is 13.6. The molecule has 5 nitrogen and oxygen atoms in total. The van der Waals surface area contributed by atoms with Crippen LogP contribution in [0.15, 0.2) is 35.5 Å². The number of aliphatic imine (C=N–C) groups is 1. The molecule has 0 N–H and O–H groups in total. The monoisotopic (exact) mass is 576 g/mol. The van der Waals surface area contributed by atoms with Crippen molar-refractivity contribution in [3.8, 4) is 0 Å². The summed E-state index contributed by atoms with van der Waals surface area (Å²) in [5.41, 5.74) is 2.89. The number of halogens is 2. The van der Waals surface area contributed by atoms with E-state index in [9.17, 15) is 9.18 Å². The highest BCUT2D eigenvalue weighted by atomic mass is 35.5. The van der Waals surface area contributed by atoms with Gasteiger partial charge in [-0.15, -0.1) is 0 Å². The Morgan fingerprint density at radius 3 is 2.26 bits per heavy atom. The van der Waals surface area contributed by atoms with Gasteiger partial charge >= 0.3 is 0 Å². The molecule has 1 aromatic heterocycles. The number of aromatic nitrogens is 1. The van der Waals surface area contributed by atoms with Gasteiger partial charge in [-0.25, -0.2) is 14.4 Å². The van der Waals surface area contributed by atoms with Gasteiger partial charge in [0.2, 0.25) is 0 Å². The summed E-state index contributed by atoms with van der Waals surface area (Å²) in [5, 5.41) is 0.0943. The van der Waals surface area contributed by atoms with Gasteiger partial charge < -0.3 is 8.85 Å². The summed E-state index contributed by atoms with van der Waals surface area (Å²) in [7, 11) is -4.18. The van der Waals surface area contributed by atoms with E-state index in [1.54, 1.807) is 18.3 Å². The van der Waals surface area contributed by atoms with Gasteiger partial charge in [0.1, 0.15) is 11.9 Å². The van der Waals surface area contributed by atoms with E-state index in [2.05, 4.69) is 72.7 Å². The normalized spacial score (nSPS) is 15.3. The van der Waals surface area contributed by atoms with Crippen molar-refractivity contribution in [2.45, 2.75) is 96.8 Å². The van der Waals surface area contributed by atoms with Crippen LogP contribution in [0.4, 0.5) is 10.2 Å². The number of nitrogens with zero attached hydrogens (tertiary/aromatic N) is 2. The highest BCUT2D eigenvalue weighted by molar-refractivity contribution is 6.74. The molecule has 2 aromatic rings. The molecular weight excluding hydrogens is 535 g/mol. The van der Waals surface area contributed by atoms with E-state index < -0.39 is 22.5 Å². The number of hydrogen-bond donors (Lipinski definition) is 0. The third-order valence-corrected chi connectivity index (χ3v) is 17.6. The van der Waals surface area contributed by atoms with Gasteiger partial charge in [-0.05, 0) is 60.0 Å². The molecule has 1 atom stereocenters. The van der Waals surface area contributed by atoms with E-state index in [0.717, 1.165) is 11.3 Å². The molecule has 1 aromatic carbocycles. The molecule has 208 valence electrons. The molecule has 3 rings (SSSR count). The Kier molecular flexibility index (Phi) is 8.96. The van der Waals surface area contributed by atoms with Crippen molar-refractivity contribution in [1.82, 2.24) is 4.98 Å². The summed E-state index contributed by atoms with van der Waals surface area (Å²) >= 11 is 5.93. The van der Waals surface area contributed by atoms with Crippen LogP contribution >= 0.6 is 11.6 Å². The van der Waals surface area contributed by atoms with Crippen LogP contribution in [0.2, 0.25) is 41.3 Å². The Hall–Kier alpha value is -1.72. The second-order valence-electron chi connectivity index (χ2n) is 13.2. The molecule has 0 saturated carbocycles. The quantitative estimate of drug-likeness (QED) is 0.222. The molecule has 0 bridgehead atoms. The van der Waals surface area contributed by atoms with Crippen LogP contribution in [0.5, 0.6) is 0 Å². The third kappa shape index (κ3) is 6.88. The molecule has 0 radical (unpaired) electrons. The molecular formula is C29H42ClFN2O3Si2. The maximum Gasteiger partial charge on any atom is 0.193 e. The van der Waals surface area contributed by atoms with Crippen molar-refractivity contribution in [3.05, 3.63) is 58.0 Å². The minimum absolute atomic E-state index is 0.00762. The van der Waals surface area contributed by atoms with Crippen LogP contribution < -0.4 is 0 Å². The molecule has 1 aliphatic heterocycles. The van der Waals surface area contributed by atoms with Crippen molar-refractivity contribution in [2.75, 3.05) is 6.61 Å². The molecule has 2 heterocycles. The van der Waals surface area contributed by atoms with Gasteiger partial charge in [-0.2, -0.15) is 0 Å². The van der Waals surface area contributed by atoms with Crippen molar-refractivity contribution < 1.29 is 18.0 Å². The third-order valence-electron chi connectivity index (χ3n) is 8.31. The molecule has 0 amide bonds. The Bertz CT molecular complexity index is 1230. The second-order valence-corrected chi connectivity index (χ2v) is 23.2. The zero-order chi connectivity index (χ0) is 28.7. The largest absolute Gasteiger partial charge is 0.414 e. The highest BCUT2D eigenvalue weighted by Gasteiger charge is 2.43. The summed E-state index contributed by atoms with van der Waals surface area (Å²) in [6.07, 6.45) is 1.89. The Morgan fingerprint density at radius 2 is 1.68 bits per heavy atom. The van der Waals surface area contributed by atoms with Gasteiger partial charge in [0.05, 0.1) is 17.3 Å². The molecule has 0 saturated heterocycles. The number of pyridine rings is 1. The molecule has 9 heteroatoms. The zero-order valence-corrected chi connectivity index (χ0v) is 27.2. The van der Waals surface area contributed by atoms with E-state index in [1.165, 1.54) is 12.1 Å². The molecule has 1 aliphatic rings. The minimum atomic E-state index is -2.15. The standard InChI is InChI=1S/C29H42ClFN2O3Si2/c1-28(2,3)37(7,8)35-18-26(36-38(9,10)29(4,5)6)24-17-21-20(13-14-32-27(21)33-24)25(34)16-19-11-12-23(31)22(30)15-19/h11-15,26H,16-18H2,1-10H3. The maximum absolute atomic E-state index is 13.6. The average Bonchev–Trinajstić information content (AvgIpc) is 3.21. The van der Waals surface area contributed by atoms with Crippen molar-refractivity contribution in [3.63, 3.8) is 0 Å². The van der Waals surface area contributed by atoms with Gasteiger partial charge in [0.25, 0.3) is 0 Å². The van der Waals surface area contributed by atoms with E-state index in [4.69, 9.17) is 25.4 Å². The van der Waals surface area contributed by atoms with Crippen molar-refractivity contribution in [2.24, 2.45) is 4.99 Å². The smallest absolute Gasteiger partial charge is 0.193 e. The number of benzene rings is 1. The summed E-state index contributed by atoms with van der Waals surface area (Å²) < 4.78 is 27.1. The Labute approximate surface area is 234 Å². The van der Waals surface area contributed by atoms with Crippen molar-refractivity contribution >= 4 is 45.5 Å². The molecule has 0 fully saturated rings. The van der Waals surface area contributed by atoms with Crippen molar-refractivity contribution in [1.29, 1.82) is 0 Å². The fourth-order valence-electron chi connectivity index (χ4n) is 3.72. The van der Waals surface area contributed by atoms with E-state index in [-0.39, 0.29) is 33.4 Å². The number of hydrogen-bond acceptors (Lipinski definition) is 5. The van der Waals surface area contributed by atoms with Crippen LogP contribution in [0.25, 0.3) is 0 Å². The van der Waals surface area contributed by atoms with E-state index in [0.29, 0.717) is 30.0 Å². The minimum Gasteiger partial charge on any atom is -0.414 e. The summed E-state index contributed by atoms with van der Waals surface area (Å²) in [6, 6.07) is 6.11. The molecule has 38 heavy (non-hydrogen) atoms. The topological polar surface area (TPSA) is 60.8 Å². The molecule has 0 aliphatic carbocycles. The first-order chi connectivity index (χ1) is 17.3.